The summed E-state index contributed by atoms with van der Waals surface area (Å²) in [6.45, 7) is 1.72. The highest BCUT2D eigenvalue weighted by molar-refractivity contribution is 5.75. The Morgan fingerprint density at radius 2 is 1.50 bits per heavy atom. The van der Waals surface area contributed by atoms with Gasteiger partial charge in [0.1, 0.15) is 5.78 Å². The SMILES string of the molecule is CC(=O)CCCCCC12CC3CC(CC(C3)C1)C2. The van der Waals surface area contributed by atoms with Gasteiger partial charge in [-0.2, -0.15) is 0 Å². The Balaban J connectivity index is 1.46. The topological polar surface area (TPSA) is 17.1 Å². The second kappa shape index (κ2) is 4.98. The van der Waals surface area contributed by atoms with Crippen molar-refractivity contribution in [3.63, 3.8) is 0 Å². The Hall–Kier alpha value is -0.330. The number of ketones is 1. The maximum Gasteiger partial charge on any atom is 0.129 e. The number of hydrogen-bond acceptors (Lipinski definition) is 1. The van der Waals surface area contributed by atoms with Gasteiger partial charge in [-0.25, -0.2) is 0 Å². The molecule has 0 aromatic heterocycles. The van der Waals surface area contributed by atoms with Crippen molar-refractivity contribution in [3.05, 3.63) is 0 Å². The summed E-state index contributed by atoms with van der Waals surface area (Å²) in [5.41, 5.74) is 0.755. The summed E-state index contributed by atoms with van der Waals surface area (Å²) in [6.07, 6.45) is 15.4. The molecule has 0 radical (unpaired) electrons. The van der Waals surface area contributed by atoms with Crippen LogP contribution in [0.1, 0.15) is 77.6 Å². The average Bonchev–Trinajstić information content (AvgIpc) is 2.25. The van der Waals surface area contributed by atoms with Crippen molar-refractivity contribution in [2.24, 2.45) is 23.2 Å². The van der Waals surface area contributed by atoms with E-state index in [9.17, 15) is 4.79 Å². The molecule has 102 valence electrons. The number of unbranched alkanes of at least 4 members (excludes halogenated alkanes) is 2. The lowest BCUT2D eigenvalue weighted by Gasteiger charge is -2.57. The van der Waals surface area contributed by atoms with Crippen LogP contribution in [0.15, 0.2) is 0 Å². The Morgan fingerprint density at radius 3 is 2.00 bits per heavy atom. The van der Waals surface area contributed by atoms with Gasteiger partial charge in [0, 0.05) is 6.42 Å². The predicted molar refractivity (Wildman–Crippen MR) is 74.4 cm³/mol. The first kappa shape index (κ1) is 12.7. The number of carbonyl (C=O) groups excluding carboxylic acids is 1. The van der Waals surface area contributed by atoms with Crippen LogP contribution < -0.4 is 0 Å². The number of carbonyl (C=O) groups is 1. The second-order valence-electron chi connectivity index (χ2n) is 7.68. The quantitative estimate of drug-likeness (QED) is 0.620. The third-order valence-electron chi connectivity index (χ3n) is 5.90. The molecule has 0 saturated heterocycles. The highest BCUT2D eigenvalue weighted by Crippen LogP contribution is 2.61. The summed E-state index contributed by atoms with van der Waals surface area (Å²) in [5, 5.41) is 0. The van der Waals surface area contributed by atoms with Crippen LogP contribution in [0.3, 0.4) is 0 Å². The van der Waals surface area contributed by atoms with Crippen LogP contribution in [0.2, 0.25) is 0 Å². The Morgan fingerprint density at radius 1 is 0.944 bits per heavy atom. The summed E-state index contributed by atoms with van der Waals surface area (Å²) in [4.78, 5) is 10.9. The molecular weight excluding hydrogens is 220 g/mol. The average molecular weight is 248 g/mol. The van der Waals surface area contributed by atoms with Crippen LogP contribution >= 0.6 is 0 Å². The van der Waals surface area contributed by atoms with Gasteiger partial charge in [-0.1, -0.05) is 12.8 Å². The van der Waals surface area contributed by atoms with Gasteiger partial charge < -0.3 is 4.79 Å². The molecule has 0 atom stereocenters. The molecule has 0 spiro atoms. The molecule has 4 saturated carbocycles. The van der Waals surface area contributed by atoms with Crippen molar-refractivity contribution < 1.29 is 4.79 Å². The van der Waals surface area contributed by atoms with Crippen molar-refractivity contribution in [2.75, 3.05) is 0 Å². The Kier molecular flexibility index (Phi) is 3.51. The van der Waals surface area contributed by atoms with Gasteiger partial charge in [-0.15, -0.1) is 0 Å². The Bertz CT molecular complexity index is 282. The second-order valence-corrected chi connectivity index (χ2v) is 7.68. The minimum absolute atomic E-state index is 0.366. The monoisotopic (exact) mass is 248 g/mol. The summed E-state index contributed by atoms with van der Waals surface area (Å²) < 4.78 is 0. The molecule has 4 rings (SSSR count). The molecular formula is C17H28O. The van der Waals surface area contributed by atoms with E-state index >= 15 is 0 Å². The van der Waals surface area contributed by atoms with Gasteiger partial charge in [0.2, 0.25) is 0 Å². The predicted octanol–water partition coefficient (Wildman–Crippen LogP) is 4.74. The molecule has 0 unspecified atom stereocenters. The fourth-order valence-corrected chi connectivity index (χ4v) is 5.65. The van der Waals surface area contributed by atoms with E-state index in [2.05, 4.69) is 0 Å². The van der Waals surface area contributed by atoms with E-state index in [0.29, 0.717) is 5.78 Å². The molecule has 0 heterocycles. The van der Waals surface area contributed by atoms with Crippen molar-refractivity contribution in [3.8, 4) is 0 Å². The first-order valence-corrected chi connectivity index (χ1v) is 8.15. The molecule has 0 aromatic carbocycles. The van der Waals surface area contributed by atoms with E-state index in [4.69, 9.17) is 0 Å². The van der Waals surface area contributed by atoms with E-state index in [1.807, 2.05) is 0 Å². The zero-order chi connectivity index (χ0) is 12.6. The summed E-state index contributed by atoms with van der Waals surface area (Å²) in [7, 11) is 0. The Labute approximate surface area is 112 Å². The fraction of sp³-hybridized carbons (Fsp3) is 0.941. The minimum Gasteiger partial charge on any atom is -0.300 e. The molecule has 4 bridgehead atoms. The van der Waals surface area contributed by atoms with Crippen LogP contribution in [0, 0.1) is 23.2 Å². The zero-order valence-electron chi connectivity index (χ0n) is 11.9. The number of Topliss-reactive ketones (excluding diaryl/α,β-unsaturated/α-hetero) is 1. The van der Waals surface area contributed by atoms with Crippen LogP contribution in [0.5, 0.6) is 0 Å². The van der Waals surface area contributed by atoms with E-state index in [1.54, 1.807) is 45.4 Å². The van der Waals surface area contributed by atoms with Crippen molar-refractivity contribution in [1.29, 1.82) is 0 Å². The maximum absolute atomic E-state index is 10.9. The van der Waals surface area contributed by atoms with Gasteiger partial charge in [-0.05, 0) is 81.5 Å². The summed E-state index contributed by atoms with van der Waals surface area (Å²) in [5.74, 6) is 3.64. The first-order chi connectivity index (χ1) is 8.65. The van der Waals surface area contributed by atoms with Gasteiger partial charge in [0.05, 0.1) is 0 Å². The zero-order valence-corrected chi connectivity index (χ0v) is 11.9. The number of rotatable bonds is 6. The van der Waals surface area contributed by atoms with E-state index in [0.717, 1.165) is 36.0 Å². The van der Waals surface area contributed by atoms with Crippen LogP contribution in [-0.2, 0) is 4.79 Å². The van der Waals surface area contributed by atoms with Crippen LogP contribution in [0.4, 0.5) is 0 Å². The molecule has 4 aliphatic carbocycles. The molecule has 0 amide bonds. The van der Waals surface area contributed by atoms with E-state index in [1.165, 1.54) is 19.3 Å². The standard InChI is InChI=1S/C17H28O/c1-13(18)5-3-2-4-6-17-10-14-7-15(11-17)9-16(8-14)12-17/h14-16H,2-12H2,1H3. The lowest BCUT2D eigenvalue weighted by molar-refractivity contribution is -0.117. The summed E-state index contributed by atoms with van der Waals surface area (Å²) >= 11 is 0. The molecule has 0 aliphatic heterocycles. The van der Waals surface area contributed by atoms with E-state index < -0.39 is 0 Å². The van der Waals surface area contributed by atoms with Crippen molar-refractivity contribution in [2.45, 2.75) is 77.6 Å². The highest BCUT2D eigenvalue weighted by Gasteiger charge is 2.50. The molecule has 4 fully saturated rings. The third-order valence-corrected chi connectivity index (χ3v) is 5.90. The lowest BCUT2D eigenvalue weighted by atomic mass is 9.48. The molecule has 1 nitrogen and oxygen atoms in total. The normalized spacial score (nSPS) is 41.3. The molecule has 1 heteroatoms. The minimum atomic E-state index is 0.366. The molecule has 4 aliphatic rings. The molecule has 0 aromatic rings. The van der Waals surface area contributed by atoms with Crippen molar-refractivity contribution in [1.82, 2.24) is 0 Å². The van der Waals surface area contributed by atoms with Gasteiger partial charge >= 0.3 is 0 Å². The van der Waals surface area contributed by atoms with Crippen molar-refractivity contribution >= 4 is 5.78 Å². The number of hydrogen-bond donors (Lipinski definition) is 0. The van der Waals surface area contributed by atoms with Crippen LogP contribution in [0.25, 0.3) is 0 Å². The maximum atomic E-state index is 10.9. The molecule has 18 heavy (non-hydrogen) atoms. The summed E-state index contributed by atoms with van der Waals surface area (Å²) in [6, 6.07) is 0. The largest absolute Gasteiger partial charge is 0.300 e. The highest BCUT2D eigenvalue weighted by atomic mass is 16.1. The first-order valence-electron chi connectivity index (χ1n) is 8.15. The third kappa shape index (κ3) is 2.65. The smallest absolute Gasteiger partial charge is 0.129 e. The van der Waals surface area contributed by atoms with Gasteiger partial charge in [0.25, 0.3) is 0 Å². The van der Waals surface area contributed by atoms with E-state index in [-0.39, 0.29) is 0 Å². The fourth-order valence-electron chi connectivity index (χ4n) is 5.65. The lowest BCUT2D eigenvalue weighted by Crippen LogP contribution is -2.45. The van der Waals surface area contributed by atoms with Gasteiger partial charge in [0.15, 0.2) is 0 Å². The van der Waals surface area contributed by atoms with Gasteiger partial charge in [-0.3, -0.25) is 0 Å². The molecule has 0 N–H and O–H groups in total. The van der Waals surface area contributed by atoms with Crippen LogP contribution in [-0.4, -0.2) is 5.78 Å².